The van der Waals surface area contributed by atoms with Gasteiger partial charge in [-0.25, -0.2) is 0 Å². The van der Waals surface area contributed by atoms with Crippen LogP contribution in [0.5, 0.6) is 0 Å². The van der Waals surface area contributed by atoms with Crippen LogP contribution in [0.15, 0.2) is 30.8 Å². The lowest BCUT2D eigenvalue weighted by Crippen LogP contribution is -1.91. The lowest BCUT2D eigenvalue weighted by Gasteiger charge is -2.04. The third-order valence-corrected chi connectivity index (χ3v) is 3.28. The van der Waals surface area contributed by atoms with Gasteiger partial charge in [0.25, 0.3) is 0 Å². The van der Waals surface area contributed by atoms with Crippen molar-refractivity contribution >= 4 is 13.7 Å². The quantitative estimate of drug-likeness (QED) is 0.593. The summed E-state index contributed by atoms with van der Waals surface area (Å²) in [6, 6.07) is 8.03. The van der Waals surface area contributed by atoms with Crippen molar-refractivity contribution < 1.29 is 14.4 Å². The van der Waals surface area contributed by atoms with E-state index in [9.17, 15) is 4.57 Å². The molecule has 0 aliphatic carbocycles. The van der Waals surface area contributed by atoms with Crippen LogP contribution in [-0.2, 0) is 11.0 Å². The summed E-state index contributed by atoms with van der Waals surface area (Å²) >= 11 is 0. The maximum Gasteiger partial charge on any atom is 0.325 e. The molecule has 16 heavy (non-hydrogen) atoms. The number of hydrogen-bond acceptors (Lipinski definition) is 1. The highest BCUT2D eigenvalue weighted by molar-refractivity contribution is 7.51. The zero-order chi connectivity index (χ0) is 12.0. The summed E-state index contributed by atoms with van der Waals surface area (Å²) in [6.07, 6.45) is 4.00. The predicted octanol–water partition coefficient (Wildman–Crippen LogP) is 2.83. The minimum absolute atomic E-state index is 0.0161. The Labute approximate surface area is 96.0 Å². The van der Waals surface area contributed by atoms with Gasteiger partial charge in [0.2, 0.25) is 0 Å². The van der Waals surface area contributed by atoms with Gasteiger partial charge in [-0.2, -0.15) is 0 Å². The second-order valence-corrected chi connectivity index (χ2v) is 5.57. The van der Waals surface area contributed by atoms with Crippen molar-refractivity contribution in [1.29, 1.82) is 0 Å². The second-order valence-electron chi connectivity index (χ2n) is 3.79. The van der Waals surface area contributed by atoms with Gasteiger partial charge in [0.15, 0.2) is 0 Å². The molecule has 3 nitrogen and oxygen atoms in total. The van der Waals surface area contributed by atoms with Gasteiger partial charge < -0.3 is 9.79 Å². The fraction of sp³-hybridized carbons (Fsp3) is 0.333. The molecule has 0 unspecified atom stereocenters. The van der Waals surface area contributed by atoms with Gasteiger partial charge in [0, 0.05) is 6.16 Å². The Morgan fingerprint density at radius 2 is 1.81 bits per heavy atom. The summed E-state index contributed by atoms with van der Waals surface area (Å²) in [5.41, 5.74) is 2.27. The summed E-state index contributed by atoms with van der Waals surface area (Å²) in [5.74, 6) is 0. The highest BCUT2D eigenvalue weighted by atomic mass is 31.2. The molecule has 0 amide bonds. The molecule has 0 spiro atoms. The summed E-state index contributed by atoms with van der Waals surface area (Å²) in [7, 11) is -3.81. The van der Waals surface area contributed by atoms with E-state index in [1.165, 1.54) is 5.56 Å². The van der Waals surface area contributed by atoms with Crippen molar-refractivity contribution in [2.45, 2.75) is 19.3 Å². The third kappa shape index (κ3) is 5.26. The van der Waals surface area contributed by atoms with Crippen LogP contribution in [0.4, 0.5) is 0 Å². The van der Waals surface area contributed by atoms with Crippen LogP contribution < -0.4 is 0 Å². The zero-order valence-corrected chi connectivity index (χ0v) is 10.1. The molecule has 88 valence electrons. The summed E-state index contributed by atoms with van der Waals surface area (Å²) < 4.78 is 10.6. The van der Waals surface area contributed by atoms with Crippen LogP contribution in [0.25, 0.3) is 6.08 Å². The molecule has 0 atom stereocenters. The minimum atomic E-state index is -3.81. The van der Waals surface area contributed by atoms with E-state index >= 15 is 0 Å². The number of benzene rings is 1. The molecule has 0 aromatic heterocycles. The average Bonchev–Trinajstić information content (AvgIpc) is 2.24. The van der Waals surface area contributed by atoms with Crippen molar-refractivity contribution in [3.63, 3.8) is 0 Å². The number of rotatable bonds is 6. The molecule has 0 saturated heterocycles. The highest BCUT2D eigenvalue weighted by Crippen LogP contribution is 2.35. The molecule has 0 aliphatic rings. The topological polar surface area (TPSA) is 57.5 Å². The molecule has 1 aromatic rings. The molecule has 1 aromatic carbocycles. The Morgan fingerprint density at radius 1 is 1.19 bits per heavy atom. The first-order valence-electron chi connectivity index (χ1n) is 5.27. The smallest absolute Gasteiger partial charge is 0.324 e. The van der Waals surface area contributed by atoms with Gasteiger partial charge >= 0.3 is 7.60 Å². The summed E-state index contributed by atoms with van der Waals surface area (Å²) in [4.78, 5) is 17.4. The molecule has 0 aliphatic heterocycles. The monoisotopic (exact) mass is 240 g/mol. The van der Waals surface area contributed by atoms with E-state index in [1.54, 1.807) is 6.08 Å². The van der Waals surface area contributed by atoms with Crippen LogP contribution in [-0.4, -0.2) is 15.9 Å². The standard InChI is InChI=1S/C12H17O3P/c1-2-11-6-8-12(9-7-11)5-3-4-10-16(13,14)15/h2,6-9H,1,3-5,10H2,(H2,13,14,15). The Hall–Kier alpha value is -0.890. The van der Waals surface area contributed by atoms with Crippen molar-refractivity contribution in [1.82, 2.24) is 0 Å². The van der Waals surface area contributed by atoms with Crippen molar-refractivity contribution in [2.24, 2.45) is 0 Å². The van der Waals surface area contributed by atoms with Gasteiger partial charge in [-0.3, -0.25) is 4.57 Å². The largest absolute Gasteiger partial charge is 0.325 e. The van der Waals surface area contributed by atoms with E-state index in [0.717, 1.165) is 18.4 Å². The first-order valence-corrected chi connectivity index (χ1v) is 7.07. The van der Waals surface area contributed by atoms with E-state index < -0.39 is 7.60 Å². The van der Waals surface area contributed by atoms with Gasteiger partial charge in [-0.1, -0.05) is 36.9 Å². The number of hydrogen-bond donors (Lipinski definition) is 2. The van der Waals surface area contributed by atoms with E-state index in [0.29, 0.717) is 6.42 Å². The molecule has 0 saturated carbocycles. The lowest BCUT2D eigenvalue weighted by atomic mass is 10.1. The van der Waals surface area contributed by atoms with Crippen LogP contribution in [0.2, 0.25) is 0 Å². The number of unbranched alkanes of at least 4 members (excludes halogenated alkanes) is 1. The minimum Gasteiger partial charge on any atom is -0.324 e. The van der Waals surface area contributed by atoms with Gasteiger partial charge in [0.1, 0.15) is 0 Å². The van der Waals surface area contributed by atoms with Crippen molar-refractivity contribution in [2.75, 3.05) is 6.16 Å². The van der Waals surface area contributed by atoms with Crippen LogP contribution in [0.1, 0.15) is 24.0 Å². The molecular formula is C12H17O3P. The fourth-order valence-electron chi connectivity index (χ4n) is 1.47. The Morgan fingerprint density at radius 3 is 2.31 bits per heavy atom. The van der Waals surface area contributed by atoms with Gasteiger partial charge in [-0.15, -0.1) is 0 Å². The normalized spacial score (nSPS) is 11.4. The van der Waals surface area contributed by atoms with Gasteiger partial charge in [0.05, 0.1) is 0 Å². The Balaban J connectivity index is 2.32. The summed E-state index contributed by atoms with van der Waals surface area (Å²) in [6.45, 7) is 3.68. The zero-order valence-electron chi connectivity index (χ0n) is 9.17. The maximum absolute atomic E-state index is 10.6. The SMILES string of the molecule is C=Cc1ccc(CCCCP(=O)(O)O)cc1. The fourth-order valence-corrected chi connectivity index (χ4v) is 2.10. The average molecular weight is 240 g/mol. The van der Waals surface area contributed by atoms with E-state index in [4.69, 9.17) is 9.79 Å². The molecule has 4 heteroatoms. The Kier molecular flexibility index (Phi) is 4.94. The molecule has 0 heterocycles. The van der Waals surface area contributed by atoms with Crippen molar-refractivity contribution in [3.8, 4) is 0 Å². The number of aryl methyl sites for hydroxylation is 1. The van der Waals surface area contributed by atoms with E-state index in [2.05, 4.69) is 6.58 Å². The van der Waals surface area contributed by atoms with Crippen LogP contribution in [0, 0.1) is 0 Å². The molecule has 0 bridgehead atoms. The molecule has 0 fully saturated rings. The van der Waals surface area contributed by atoms with E-state index in [1.807, 2.05) is 24.3 Å². The maximum atomic E-state index is 10.6. The Bertz CT molecular complexity index is 378. The molecule has 0 radical (unpaired) electrons. The first-order chi connectivity index (χ1) is 7.51. The predicted molar refractivity (Wildman–Crippen MR) is 66.4 cm³/mol. The molecular weight excluding hydrogens is 223 g/mol. The second kappa shape index (κ2) is 6.00. The first kappa shape index (κ1) is 13.2. The van der Waals surface area contributed by atoms with Gasteiger partial charge in [-0.05, 0) is 30.4 Å². The van der Waals surface area contributed by atoms with Crippen molar-refractivity contribution in [3.05, 3.63) is 42.0 Å². The highest BCUT2D eigenvalue weighted by Gasteiger charge is 2.11. The molecule has 2 N–H and O–H groups in total. The third-order valence-electron chi connectivity index (χ3n) is 2.38. The van der Waals surface area contributed by atoms with Crippen LogP contribution >= 0.6 is 7.60 Å². The molecule has 1 rings (SSSR count). The lowest BCUT2D eigenvalue weighted by molar-refractivity contribution is 0.371. The van der Waals surface area contributed by atoms with Crippen LogP contribution in [0.3, 0.4) is 0 Å². The summed E-state index contributed by atoms with van der Waals surface area (Å²) in [5, 5.41) is 0. The van der Waals surface area contributed by atoms with E-state index in [-0.39, 0.29) is 6.16 Å².